The van der Waals surface area contributed by atoms with Crippen molar-refractivity contribution in [2.24, 2.45) is 0 Å². The molecule has 2 aromatic carbocycles. The molecule has 1 aliphatic rings. The minimum absolute atomic E-state index is 0. The van der Waals surface area contributed by atoms with Crippen LogP contribution in [-0.2, 0) is 6.54 Å². The fourth-order valence-electron chi connectivity index (χ4n) is 2.99. The molecule has 0 aromatic heterocycles. The summed E-state index contributed by atoms with van der Waals surface area (Å²) in [5.41, 5.74) is 5.40. The fourth-order valence-corrected chi connectivity index (χ4v) is 2.99. The van der Waals surface area contributed by atoms with Gasteiger partial charge in [0.15, 0.2) is 0 Å². The normalized spacial score (nSPS) is 19.4. The van der Waals surface area contributed by atoms with E-state index in [1.807, 2.05) is 0 Å². The molecule has 1 aliphatic carbocycles. The van der Waals surface area contributed by atoms with Gasteiger partial charge >= 0.3 is 0 Å². The average Bonchev–Trinajstić information content (AvgIpc) is 3.29. The molecule has 3 rings (SSSR count). The maximum atomic E-state index is 5.37. The van der Waals surface area contributed by atoms with E-state index in [9.17, 15) is 0 Å². The molecule has 0 unspecified atom stereocenters. The van der Waals surface area contributed by atoms with Crippen LogP contribution in [0.4, 0.5) is 0 Å². The molecule has 0 aliphatic heterocycles. The number of hydrogen-bond acceptors (Lipinski definition) is 2. The SMILES string of the molecule is COc1ccc(CN[C@@H]2C[C@H]2c2ccccc2)c(C)c1C.Cl. The maximum absolute atomic E-state index is 5.37. The third-order valence-electron chi connectivity index (χ3n) is 4.64. The molecule has 1 N–H and O–H groups in total. The first-order valence-corrected chi connectivity index (χ1v) is 7.62. The van der Waals surface area contributed by atoms with Crippen LogP contribution in [0.25, 0.3) is 0 Å². The van der Waals surface area contributed by atoms with E-state index >= 15 is 0 Å². The second-order valence-corrected chi connectivity index (χ2v) is 5.92. The molecule has 118 valence electrons. The highest BCUT2D eigenvalue weighted by Crippen LogP contribution is 2.40. The van der Waals surface area contributed by atoms with Crippen LogP contribution in [0.3, 0.4) is 0 Å². The first-order chi connectivity index (χ1) is 10.2. The second kappa shape index (κ2) is 7.17. The zero-order valence-electron chi connectivity index (χ0n) is 13.4. The predicted molar refractivity (Wildman–Crippen MR) is 94.1 cm³/mol. The van der Waals surface area contributed by atoms with Gasteiger partial charge in [-0.15, -0.1) is 12.4 Å². The molecule has 1 fully saturated rings. The molecule has 3 heteroatoms. The Labute approximate surface area is 139 Å². The van der Waals surface area contributed by atoms with Gasteiger partial charge in [0.25, 0.3) is 0 Å². The molecule has 0 amide bonds. The number of ether oxygens (including phenoxy) is 1. The van der Waals surface area contributed by atoms with Crippen LogP contribution < -0.4 is 10.1 Å². The van der Waals surface area contributed by atoms with E-state index in [2.05, 4.69) is 61.6 Å². The number of nitrogens with one attached hydrogen (secondary N) is 1. The minimum Gasteiger partial charge on any atom is -0.496 e. The van der Waals surface area contributed by atoms with Crippen molar-refractivity contribution < 1.29 is 4.74 Å². The van der Waals surface area contributed by atoms with Gasteiger partial charge in [-0.2, -0.15) is 0 Å². The van der Waals surface area contributed by atoms with Crippen molar-refractivity contribution in [3.8, 4) is 5.75 Å². The molecule has 2 aromatic rings. The van der Waals surface area contributed by atoms with Crippen LogP contribution in [0.2, 0.25) is 0 Å². The van der Waals surface area contributed by atoms with Gasteiger partial charge in [0.1, 0.15) is 5.75 Å². The number of hydrogen-bond donors (Lipinski definition) is 1. The molecular weight excluding hydrogens is 294 g/mol. The quantitative estimate of drug-likeness (QED) is 0.883. The molecule has 0 radical (unpaired) electrons. The second-order valence-electron chi connectivity index (χ2n) is 5.92. The van der Waals surface area contributed by atoms with Crippen LogP contribution >= 0.6 is 12.4 Å². The van der Waals surface area contributed by atoms with Crippen molar-refractivity contribution >= 4 is 12.4 Å². The molecule has 0 bridgehead atoms. The summed E-state index contributed by atoms with van der Waals surface area (Å²) in [7, 11) is 1.73. The molecule has 2 nitrogen and oxygen atoms in total. The van der Waals surface area contributed by atoms with E-state index < -0.39 is 0 Å². The van der Waals surface area contributed by atoms with E-state index in [1.54, 1.807) is 7.11 Å². The lowest BCUT2D eigenvalue weighted by Gasteiger charge is -2.13. The van der Waals surface area contributed by atoms with Gasteiger partial charge < -0.3 is 10.1 Å². The van der Waals surface area contributed by atoms with Crippen LogP contribution in [0, 0.1) is 13.8 Å². The Kier molecular flexibility index (Phi) is 5.49. The zero-order valence-corrected chi connectivity index (χ0v) is 14.2. The maximum Gasteiger partial charge on any atom is 0.122 e. The summed E-state index contributed by atoms with van der Waals surface area (Å²) in [4.78, 5) is 0. The Hall–Kier alpha value is -1.51. The van der Waals surface area contributed by atoms with Gasteiger partial charge in [-0.1, -0.05) is 36.4 Å². The van der Waals surface area contributed by atoms with Crippen molar-refractivity contribution in [1.82, 2.24) is 5.32 Å². The van der Waals surface area contributed by atoms with Gasteiger partial charge in [-0.05, 0) is 48.6 Å². The van der Waals surface area contributed by atoms with Gasteiger partial charge in [0, 0.05) is 18.5 Å². The summed E-state index contributed by atoms with van der Waals surface area (Å²) in [6, 6.07) is 15.7. The van der Waals surface area contributed by atoms with E-state index in [0.29, 0.717) is 12.0 Å². The summed E-state index contributed by atoms with van der Waals surface area (Å²) in [6.45, 7) is 5.24. The van der Waals surface area contributed by atoms with Crippen molar-refractivity contribution in [2.45, 2.75) is 38.8 Å². The number of benzene rings is 2. The lowest BCUT2D eigenvalue weighted by Crippen LogP contribution is -2.18. The van der Waals surface area contributed by atoms with Crippen molar-refractivity contribution in [3.63, 3.8) is 0 Å². The lowest BCUT2D eigenvalue weighted by atomic mass is 10.0. The third kappa shape index (κ3) is 3.45. The third-order valence-corrected chi connectivity index (χ3v) is 4.64. The average molecular weight is 318 g/mol. The Morgan fingerprint density at radius 1 is 1.05 bits per heavy atom. The van der Waals surface area contributed by atoms with Gasteiger partial charge in [0.2, 0.25) is 0 Å². The molecule has 2 atom stereocenters. The number of methoxy groups -OCH3 is 1. The summed E-state index contributed by atoms with van der Waals surface area (Å²) in [6.07, 6.45) is 1.25. The first-order valence-electron chi connectivity index (χ1n) is 7.62. The smallest absolute Gasteiger partial charge is 0.122 e. The Morgan fingerprint density at radius 2 is 1.77 bits per heavy atom. The molecule has 0 saturated heterocycles. The van der Waals surface area contributed by atoms with Crippen LogP contribution in [-0.4, -0.2) is 13.2 Å². The van der Waals surface area contributed by atoms with Crippen LogP contribution in [0.1, 0.15) is 34.6 Å². The highest BCUT2D eigenvalue weighted by atomic mass is 35.5. The fraction of sp³-hybridized carbons (Fsp3) is 0.368. The highest BCUT2D eigenvalue weighted by molar-refractivity contribution is 5.85. The molecular formula is C19H24ClNO. The Bertz CT molecular complexity index is 627. The van der Waals surface area contributed by atoms with Crippen LogP contribution in [0.15, 0.2) is 42.5 Å². The monoisotopic (exact) mass is 317 g/mol. The largest absolute Gasteiger partial charge is 0.496 e. The van der Waals surface area contributed by atoms with E-state index in [1.165, 1.54) is 28.7 Å². The van der Waals surface area contributed by atoms with Crippen molar-refractivity contribution in [3.05, 3.63) is 64.7 Å². The van der Waals surface area contributed by atoms with Crippen molar-refractivity contribution in [1.29, 1.82) is 0 Å². The van der Waals surface area contributed by atoms with E-state index in [4.69, 9.17) is 4.74 Å². The van der Waals surface area contributed by atoms with Gasteiger partial charge in [-0.3, -0.25) is 0 Å². The predicted octanol–water partition coefficient (Wildman–Crippen LogP) is 4.38. The summed E-state index contributed by atoms with van der Waals surface area (Å²) >= 11 is 0. The molecule has 1 saturated carbocycles. The number of halogens is 1. The lowest BCUT2D eigenvalue weighted by molar-refractivity contribution is 0.411. The highest BCUT2D eigenvalue weighted by Gasteiger charge is 2.37. The van der Waals surface area contributed by atoms with Crippen LogP contribution in [0.5, 0.6) is 5.75 Å². The zero-order chi connectivity index (χ0) is 14.8. The standard InChI is InChI=1S/C19H23NO.ClH/c1-13-14(2)19(21-3)10-9-16(13)12-20-18-11-17(18)15-7-5-4-6-8-15;/h4-10,17-18,20H,11-12H2,1-3H3;1H/t17-,18+;/m0./s1. The first kappa shape index (κ1) is 16.9. The summed E-state index contributed by atoms with van der Waals surface area (Å²) in [5.74, 6) is 1.66. The number of rotatable bonds is 5. The van der Waals surface area contributed by atoms with Gasteiger partial charge in [-0.25, -0.2) is 0 Å². The summed E-state index contributed by atoms with van der Waals surface area (Å²) < 4.78 is 5.37. The van der Waals surface area contributed by atoms with E-state index in [-0.39, 0.29) is 12.4 Å². The molecule has 0 spiro atoms. The summed E-state index contributed by atoms with van der Waals surface area (Å²) in [5, 5.41) is 3.69. The Morgan fingerprint density at radius 3 is 2.45 bits per heavy atom. The Balaban J connectivity index is 0.00000176. The topological polar surface area (TPSA) is 21.3 Å². The molecule has 0 heterocycles. The van der Waals surface area contributed by atoms with Crippen molar-refractivity contribution in [2.75, 3.05) is 7.11 Å². The van der Waals surface area contributed by atoms with E-state index in [0.717, 1.165) is 12.3 Å². The molecule has 22 heavy (non-hydrogen) atoms. The minimum atomic E-state index is 0. The van der Waals surface area contributed by atoms with Gasteiger partial charge in [0.05, 0.1) is 7.11 Å².